The van der Waals surface area contributed by atoms with E-state index in [1.807, 2.05) is 44.2 Å². The molecule has 124 valence electrons. The number of nitro benzene ring substituents is 1. The predicted molar refractivity (Wildman–Crippen MR) is 92.8 cm³/mol. The number of rotatable bonds is 4. The summed E-state index contributed by atoms with van der Waals surface area (Å²) in [4.78, 5) is 25.4. The third kappa shape index (κ3) is 3.02. The minimum absolute atomic E-state index is 0.0743. The molecule has 2 aromatic carbocycles. The van der Waals surface area contributed by atoms with Crippen LogP contribution < -0.4 is 4.90 Å². The smallest absolute Gasteiger partial charge is 0.269 e. The van der Waals surface area contributed by atoms with Crippen LogP contribution in [0, 0.1) is 22.0 Å². The van der Waals surface area contributed by atoms with Crippen LogP contribution in [0.4, 0.5) is 11.4 Å². The third-order valence-corrected chi connectivity index (χ3v) is 4.58. The molecular weight excluding hydrogens is 304 g/mol. The maximum atomic E-state index is 12.9. The van der Waals surface area contributed by atoms with Gasteiger partial charge in [-0.25, -0.2) is 0 Å². The average Bonchev–Trinajstić information content (AvgIpc) is 2.57. The van der Waals surface area contributed by atoms with E-state index in [2.05, 4.69) is 0 Å². The molecule has 0 saturated carbocycles. The Morgan fingerprint density at radius 1 is 1.21 bits per heavy atom. The molecule has 1 unspecified atom stereocenters. The van der Waals surface area contributed by atoms with Gasteiger partial charge in [0, 0.05) is 23.7 Å². The molecule has 0 fully saturated rings. The van der Waals surface area contributed by atoms with Crippen molar-refractivity contribution in [2.24, 2.45) is 11.8 Å². The number of hydrogen-bond acceptors (Lipinski definition) is 3. The number of hydrogen-bond donors (Lipinski definition) is 0. The van der Waals surface area contributed by atoms with Gasteiger partial charge >= 0.3 is 0 Å². The van der Waals surface area contributed by atoms with Crippen LogP contribution in [0.15, 0.2) is 48.5 Å². The highest BCUT2D eigenvalue weighted by Gasteiger charge is 2.35. The number of amides is 1. The van der Waals surface area contributed by atoms with E-state index in [9.17, 15) is 14.9 Å². The van der Waals surface area contributed by atoms with Gasteiger partial charge in [0.05, 0.1) is 11.5 Å². The van der Waals surface area contributed by atoms with Crippen LogP contribution in [0.1, 0.15) is 25.0 Å². The Labute approximate surface area is 141 Å². The second-order valence-electron chi connectivity index (χ2n) is 6.53. The number of benzene rings is 2. The molecule has 5 heteroatoms. The Hall–Kier alpha value is -2.69. The van der Waals surface area contributed by atoms with Crippen molar-refractivity contribution in [1.82, 2.24) is 0 Å². The molecule has 24 heavy (non-hydrogen) atoms. The van der Waals surface area contributed by atoms with Gasteiger partial charge in [0.1, 0.15) is 0 Å². The Morgan fingerprint density at radius 3 is 2.54 bits per heavy atom. The van der Waals surface area contributed by atoms with E-state index >= 15 is 0 Å². The summed E-state index contributed by atoms with van der Waals surface area (Å²) in [5.74, 6) is 0.126. The first-order valence-electron chi connectivity index (χ1n) is 8.10. The lowest BCUT2D eigenvalue weighted by molar-refractivity contribution is -0.384. The van der Waals surface area contributed by atoms with E-state index in [0.717, 1.165) is 16.8 Å². The number of carbonyl (C=O) groups excluding carboxylic acids is 1. The third-order valence-electron chi connectivity index (χ3n) is 4.58. The molecule has 0 saturated heterocycles. The van der Waals surface area contributed by atoms with Crippen molar-refractivity contribution in [1.29, 1.82) is 0 Å². The normalized spacial score (nSPS) is 17.0. The fraction of sp³-hybridized carbons (Fsp3) is 0.316. The molecule has 0 aromatic heterocycles. The summed E-state index contributed by atoms with van der Waals surface area (Å²) in [6.45, 7) is 4.52. The molecule has 3 rings (SSSR count). The first kappa shape index (κ1) is 16.2. The van der Waals surface area contributed by atoms with Crippen molar-refractivity contribution in [3.05, 3.63) is 69.8 Å². The zero-order chi connectivity index (χ0) is 17.3. The van der Waals surface area contributed by atoms with Crippen molar-refractivity contribution in [2.45, 2.75) is 26.8 Å². The first-order valence-corrected chi connectivity index (χ1v) is 8.10. The second-order valence-corrected chi connectivity index (χ2v) is 6.53. The van der Waals surface area contributed by atoms with Crippen molar-refractivity contribution >= 4 is 17.3 Å². The molecule has 0 radical (unpaired) electrons. The summed E-state index contributed by atoms with van der Waals surface area (Å²) < 4.78 is 0. The van der Waals surface area contributed by atoms with Gasteiger partial charge in [-0.15, -0.1) is 0 Å². The Kier molecular flexibility index (Phi) is 4.34. The van der Waals surface area contributed by atoms with Gasteiger partial charge in [-0.1, -0.05) is 44.2 Å². The number of nitrogens with zero attached hydrogens (tertiary/aromatic N) is 2. The SMILES string of the molecule is CC(C)C1Cc2cc([N+](=O)[O-])ccc2N(Cc2ccccc2)C1=O. The summed E-state index contributed by atoms with van der Waals surface area (Å²) >= 11 is 0. The summed E-state index contributed by atoms with van der Waals surface area (Å²) in [6, 6.07) is 14.6. The van der Waals surface area contributed by atoms with Crippen molar-refractivity contribution in [2.75, 3.05) is 4.90 Å². The summed E-state index contributed by atoms with van der Waals surface area (Å²) in [6.07, 6.45) is 0.554. The first-order chi connectivity index (χ1) is 11.5. The standard InChI is InChI=1S/C19H20N2O3/c1-13(2)17-11-15-10-16(21(23)24)8-9-18(15)20(19(17)22)12-14-6-4-3-5-7-14/h3-10,13,17H,11-12H2,1-2H3. The Bertz CT molecular complexity index is 771. The Morgan fingerprint density at radius 2 is 1.92 bits per heavy atom. The predicted octanol–water partition coefficient (Wildman–Crippen LogP) is 3.96. The van der Waals surface area contributed by atoms with Gasteiger partial charge in [0.15, 0.2) is 0 Å². The van der Waals surface area contributed by atoms with Gasteiger partial charge in [0.25, 0.3) is 5.69 Å². The van der Waals surface area contributed by atoms with E-state index in [-0.39, 0.29) is 28.4 Å². The maximum Gasteiger partial charge on any atom is 0.269 e. The van der Waals surface area contributed by atoms with Gasteiger partial charge in [-0.3, -0.25) is 14.9 Å². The molecule has 2 aromatic rings. The summed E-state index contributed by atoms with van der Waals surface area (Å²) in [5.41, 5.74) is 2.77. The van der Waals surface area contributed by atoms with E-state index in [0.29, 0.717) is 13.0 Å². The molecule has 1 atom stereocenters. The lowest BCUT2D eigenvalue weighted by atomic mass is 9.83. The zero-order valence-corrected chi connectivity index (χ0v) is 13.8. The van der Waals surface area contributed by atoms with E-state index in [1.54, 1.807) is 17.0 Å². The molecule has 1 aliphatic heterocycles. The van der Waals surface area contributed by atoms with Crippen LogP contribution in [-0.2, 0) is 17.8 Å². The number of fused-ring (bicyclic) bond motifs is 1. The van der Waals surface area contributed by atoms with E-state index in [4.69, 9.17) is 0 Å². The molecule has 0 N–H and O–H groups in total. The molecule has 0 spiro atoms. The quantitative estimate of drug-likeness (QED) is 0.632. The number of anilines is 1. The van der Waals surface area contributed by atoms with Crippen LogP contribution in [0.3, 0.4) is 0 Å². The zero-order valence-electron chi connectivity index (χ0n) is 13.8. The number of nitro groups is 1. The van der Waals surface area contributed by atoms with Gasteiger partial charge in [0.2, 0.25) is 5.91 Å². The lowest BCUT2D eigenvalue weighted by Crippen LogP contribution is -2.42. The van der Waals surface area contributed by atoms with Crippen LogP contribution in [0.2, 0.25) is 0 Å². The van der Waals surface area contributed by atoms with Crippen molar-refractivity contribution in [3.8, 4) is 0 Å². The summed E-state index contributed by atoms with van der Waals surface area (Å²) in [5, 5.41) is 11.1. The van der Waals surface area contributed by atoms with Crippen molar-refractivity contribution < 1.29 is 9.72 Å². The number of carbonyl (C=O) groups is 1. The summed E-state index contributed by atoms with van der Waals surface area (Å²) in [7, 11) is 0. The van der Waals surface area contributed by atoms with Gasteiger partial charge in [-0.2, -0.15) is 0 Å². The van der Waals surface area contributed by atoms with Crippen molar-refractivity contribution in [3.63, 3.8) is 0 Å². The molecule has 1 amide bonds. The fourth-order valence-corrected chi connectivity index (χ4v) is 3.21. The maximum absolute atomic E-state index is 12.9. The molecule has 0 bridgehead atoms. The van der Waals surface area contributed by atoms with Crippen LogP contribution >= 0.6 is 0 Å². The highest BCUT2D eigenvalue weighted by atomic mass is 16.6. The van der Waals surface area contributed by atoms with Crippen LogP contribution in [0.5, 0.6) is 0 Å². The highest BCUT2D eigenvalue weighted by Crippen LogP contribution is 2.36. The van der Waals surface area contributed by atoms with E-state index < -0.39 is 0 Å². The molecular formula is C19H20N2O3. The molecule has 0 aliphatic carbocycles. The van der Waals surface area contributed by atoms with Crippen LogP contribution in [-0.4, -0.2) is 10.8 Å². The van der Waals surface area contributed by atoms with Gasteiger partial charge < -0.3 is 4.90 Å². The lowest BCUT2D eigenvalue weighted by Gasteiger charge is -2.36. The van der Waals surface area contributed by atoms with Crippen LogP contribution in [0.25, 0.3) is 0 Å². The Balaban J connectivity index is 2.03. The highest BCUT2D eigenvalue weighted by molar-refractivity contribution is 5.98. The molecule has 1 heterocycles. The average molecular weight is 324 g/mol. The topological polar surface area (TPSA) is 63.5 Å². The molecule has 5 nitrogen and oxygen atoms in total. The minimum atomic E-state index is -0.386. The minimum Gasteiger partial charge on any atom is -0.307 e. The number of non-ortho nitro benzene ring substituents is 1. The molecule has 1 aliphatic rings. The van der Waals surface area contributed by atoms with E-state index in [1.165, 1.54) is 6.07 Å². The fourth-order valence-electron chi connectivity index (χ4n) is 3.21. The van der Waals surface area contributed by atoms with Gasteiger partial charge in [-0.05, 0) is 29.5 Å². The monoisotopic (exact) mass is 324 g/mol. The second kappa shape index (κ2) is 6.43. The largest absolute Gasteiger partial charge is 0.307 e.